The van der Waals surface area contributed by atoms with Crippen molar-refractivity contribution in [1.29, 1.82) is 0 Å². The number of alkyl halides is 3. The van der Waals surface area contributed by atoms with Crippen LogP contribution in [0, 0.1) is 0 Å². The van der Waals surface area contributed by atoms with Gasteiger partial charge in [-0.2, -0.15) is 13.2 Å². The number of imidazole rings is 1. The molecule has 35 heavy (non-hydrogen) atoms. The Morgan fingerprint density at radius 1 is 1.00 bits per heavy atom. The van der Waals surface area contributed by atoms with Crippen LogP contribution < -0.4 is 5.32 Å². The molecule has 5 aromatic rings. The number of nitrogens with zero attached hydrogens (tertiary/aromatic N) is 2. The summed E-state index contributed by atoms with van der Waals surface area (Å²) in [5, 5.41) is 3.40. The van der Waals surface area contributed by atoms with E-state index in [9.17, 15) is 18.0 Å². The lowest BCUT2D eigenvalue weighted by Gasteiger charge is -2.08. The lowest BCUT2D eigenvalue weighted by Crippen LogP contribution is -2.22. The van der Waals surface area contributed by atoms with E-state index >= 15 is 0 Å². The van der Waals surface area contributed by atoms with Crippen molar-refractivity contribution in [3.8, 4) is 17.0 Å². The molecule has 3 aromatic carbocycles. The maximum Gasteiger partial charge on any atom is 0.416 e. The predicted octanol–water partition coefficient (Wildman–Crippen LogP) is 6.89. The summed E-state index contributed by atoms with van der Waals surface area (Å²) in [4.78, 5) is 17.2. The average Bonchev–Trinajstić information content (AvgIpc) is 3.50. The first-order chi connectivity index (χ1) is 16.8. The van der Waals surface area contributed by atoms with Gasteiger partial charge in [0.1, 0.15) is 17.8 Å². The molecular formula is C26H17ClF3N3O2. The molecule has 0 aliphatic carbocycles. The Labute approximate surface area is 202 Å². The van der Waals surface area contributed by atoms with E-state index in [-0.39, 0.29) is 18.2 Å². The molecule has 5 rings (SSSR count). The Kier molecular flexibility index (Phi) is 5.82. The number of aromatic nitrogens is 2. The number of amides is 1. The van der Waals surface area contributed by atoms with Gasteiger partial charge in [-0.05, 0) is 66.7 Å². The molecule has 5 nitrogen and oxygen atoms in total. The Morgan fingerprint density at radius 2 is 1.80 bits per heavy atom. The van der Waals surface area contributed by atoms with Crippen LogP contribution in [-0.2, 0) is 12.7 Å². The summed E-state index contributed by atoms with van der Waals surface area (Å²) in [6.45, 7) is 0.0757. The number of carbonyl (C=O) groups excluding carboxylic acids is 1. The Morgan fingerprint density at radius 3 is 2.57 bits per heavy atom. The summed E-state index contributed by atoms with van der Waals surface area (Å²) in [6, 6.07) is 20.5. The number of furan rings is 1. The number of halogens is 4. The van der Waals surface area contributed by atoms with Crippen molar-refractivity contribution in [2.75, 3.05) is 0 Å². The van der Waals surface area contributed by atoms with Crippen molar-refractivity contribution in [1.82, 2.24) is 14.9 Å². The molecule has 0 radical (unpaired) electrons. The van der Waals surface area contributed by atoms with Crippen LogP contribution in [-0.4, -0.2) is 15.5 Å². The first-order valence-electron chi connectivity index (χ1n) is 10.6. The van der Waals surface area contributed by atoms with Gasteiger partial charge in [-0.1, -0.05) is 23.7 Å². The van der Waals surface area contributed by atoms with Gasteiger partial charge in [0, 0.05) is 21.8 Å². The first kappa shape index (κ1) is 22.7. The number of nitrogens with one attached hydrogen (secondary N) is 1. The van der Waals surface area contributed by atoms with Gasteiger partial charge in [0.15, 0.2) is 0 Å². The van der Waals surface area contributed by atoms with E-state index in [0.717, 1.165) is 28.9 Å². The molecule has 0 fully saturated rings. The van der Waals surface area contributed by atoms with Gasteiger partial charge < -0.3 is 9.73 Å². The van der Waals surface area contributed by atoms with Crippen LogP contribution in [0.5, 0.6) is 0 Å². The Bertz CT molecular complexity index is 1520. The topological polar surface area (TPSA) is 60.1 Å². The molecule has 0 unspecified atom stereocenters. The monoisotopic (exact) mass is 495 g/mol. The van der Waals surface area contributed by atoms with Gasteiger partial charge in [0.25, 0.3) is 5.91 Å². The van der Waals surface area contributed by atoms with E-state index in [1.54, 1.807) is 48.8 Å². The molecule has 0 spiro atoms. The molecule has 0 atom stereocenters. The summed E-state index contributed by atoms with van der Waals surface area (Å²) in [5.74, 6) is 0.374. The normalized spacial score (nSPS) is 11.7. The predicted molar refractivity (Wildman–Crippen MR) is 126 cm³/mol. The smallest absolute Gasteiger partial charge is 0.416 e. The average molecular weight is 496 g/mol. The summed E-state index contributed by atoms with van der Waals surface area (Å²) in [6.07, 6.45) is -2.77. The molecule has 2 heterocycles. The van der Waals surface area contributed by atoms with Gasteiger partial charge in [-0.25, -0.2) is 4.98 Å². The Balaban J connectivity index is 1.31. The number of fused-ring (bicyclic) bond motifs is 1. The largest absolute Gasteiger partial charge is 0.459 e. The van der Waals surface area contributed by atoms with Crippen molar-refractivity contribution in [3.05, 3.63) is 107 Å². The van der Waals surface area contributed by atoms with E-state index in [2.05, 4.69) is 10.3 Å². The van der Waals surface area contributed by atoms with E-state index in [0.29, 0.717) is 21.9 Å². The Hall–Kier alpha value is -4.04. The number of benzene rings is 3. The minimum Gasteiger partial charge on any atom is -0.459 e. The molecule has 1 N–H and O–H groups in total. The standard InChI is InChI=1S/C26H17ClF3N3O2/c27-19-5-7-20(8-6-19)33-15-32-22-10-4-17(13-23(22)33)25(34)31-14-21-9-11-24(35-21)16-2-1-3-18(12-16)26(28,29)30/h1-13,15H,14H2,(H,31,34). The molecular weight excluding hydrogens is 479 g/mol. The highest BCUT2D eigenvalue weighted by Gasteiger charge is 2.30. The minimum absolute atomic E-state index is 0.0757. The highest BCUT2D eigenvalue weighted by molar-refractivity contribution is 6.30. The quantitative estimate of drug-likeness (QED) is 0.289. The third kappa shape index (κ3) is 4.79. The SMILES string of the molecule is O=C(NCc1ccc(-c2cccc(C(F)(F)F)c2)o1)c1ccc2ncn(-c3ccc(Cl)cc3)c2c1. The van der Waals surface area contributed by atoms with E-state index in [1.807, 2.05) is 16.7 Å². The number of rotatable bonds is 5. The lowest BCUT2D eigenvalue weighted by molar-refractivity contribution is -0.137. The van der Waals surface area contributed by atoms with Gasteiger partial charge in [-0.15, -0.1) is 0 Å². The maximum absolute atomic E-state index is 13.0. The van der Waals surface area contributed by atoms with Crippen molar-refractivity contribution in [3.63, 3.8) is 0 Å². The van der Waals surface area contributed by atoms with E-state index in [4.69, 9.17) is 16.0 Å². The van der Waals surface area contributed by atoms with Gasteiger partial charge in [0.05, 0.1) is 23.1 Å². The fraction of sp³-hybridized carbons (Fsp3) is 0.0769. The number of hydrogen-bond acceptors (Lipinski definition) is 3. The van der Waals surface area contributed by atoms with Crippen molar-refractivity contribution >= 4 is 28.5 Å². The molecule has 1 amide bonds. The highest BCUT2D eigenvalue weighted by Crippen LogP contribution is 2.32. The number of hydrogen-bond donors (Lipinski definition) is 1. The van der Waals surface area contributed by atoms with Crippen LogP contribution in [0.25, 0.3) is 28.0 Å². The molecule has 0 aliphatic heterocycles. The van der Waals surface area contributed by atoms with Gasteiger partial charge in [0.2, 0.25) is 0 Å². The summed E-state index contributed by atoms with van der Waals surface area (Å²) < 4.78 is 46.5. The fourth-order valence-corrected chi connectivity index (χ4v) is 3.83. The third-order valence-corrected chi connectivity index (χ3v) is 5.73. The second kappa shape index (κ2) is 8.96. The van der Waals surface area contributed by atoms with Crippen LogP contribution in [0.15, 0.2) is 89.6 Å². The zero-order chi connectivity index (χ0) is 24.6. The molecule has 0 saturated carbocycles. The number of carbonyl (C=O) groups is 1. The molecule has 176 valence electrons. The zero-order valence-electron chi connectivity index (χ0n) is 18.0. The van der Waals surface area contributed by atoms with Crippen molar-refractivity contribution < 1.29 is 22.4 Å². The summed E-state index contributed by atoms with van der Waals surface area (Å²) >= 11 is 5.97. The van der Waals surface area contributed by atoms with Crippen LogP contribution in [0.3, 0.4) is 0 Å². The van der Waals surface area contributed by atoms with E-state index in [1.165, 1.54) is 12.1 Å². The third-order valence-electron chi connectivity index (χ3n) is 5.47. The molecule has 0 bridgehead atoms. The highest BCUT2D eigenvalue weighted by atomic mass is 35.5. The second-order valence-corrected chi connectivity index (χ2v) is 8.26. The summed E-state index contributed by atoms with van der Waals surface area (Å²) in [5.41, 5.74) is 2.32. The zero-order valence-corrected chi connectivity index (χ0v) is 18.8. The lowest BCUT2D eigenvalue weighted by atomic mass is 10.1. The van der Waals surface area contributed by atoms with Crippen molar-refractivity contribution in [2.24, 2.45) is 0 Å². The molecule has 0 saturated heterocycles. The van der Waals surface area contributed by atoms with Crippen LogP contribution in [0.4, 0.5) is 13.2 Å². The summed E-state index contributed by atoms with van der Waals surface area (Å²) in [7, 11) is 0. The van der Waals surface area contributed by atoms with Crippen molar-refractivity contribution in [2.45, 2.75) is 12.7 Å². The second-order valence-electron chi connectivity index (χ2n) is 7.82. The van der Waals surface area contributed by atoms with Crippen LogP contribution in [0.2, 0.25) is 5.02 Å². The van der Waals surface area contributed by atoms with Gasteiger partial charge >= 0.3 is 6.18 Å². The fourth-order valence-electron chi connectivity index (χ4n) is 3.70. The minimum atomic E-state index is -4.44. The van der Waals surface area contributed by atoms with Crippen LogP contribution >= 0.6 is 11.6 Å². The molecule has 9 heteroatoms. The molecule has 0 aliphatic rings. The maximum atomic E-state index is 13.0. The van der Waals surface area contributed by atoms with E-state index < -0.39 is 11.7 Å². The van der Waals surface area contributed by atoms with Crippen LogP contribution in [0.1, 0.15) is 21.7 Å². The molecule has 2 aromatic heterocycles. The van der Waals surface area contributed by atoms with Gasteiger partial charge in [-0.3, -0.25) is 9.36 Å². The first-order valence-corrected chi connectivity index (χ1v) is 10.9.